The Labute approximate surface area is 123 Å². The van der Waals surface area contributed by atoms with Crippen LogP contribution in [0.1, 0.15) is 19.8 Å². The molecule has 1 heterocycles. The van der Waals surface area contributed by atoms with Gasteiger partial charge < -0.3 is 15.7 Å². The Morgan fingerprint density at radius 1 is 1.32 bits per heavy atom. The summed E-state index contributed by atoms with van der Waals surface area (Å²) in [6.07, 6.45) is 3.47. The third-order valence-corrected chi connectivity index (χ3v) is 3.61. The van der Waals surface area contributed by atoms with Gasteiger partial charge in [0.15, 0.2) is 5.82 Å². The number of hydrogen-bond donors (Lipinski definition) is 3. The number of anilines is 2. The molecule has 1 aromatic heterocycles. The lowest BCUT2D eigenvalue weighted by Gasteiger charge is -2.09. The zero-order chi connectivity index (χ0) is 13.9. The minimum absolute atomic E-state index is 0.255. The Kier molecular flexibility index (Phi) is 8.69. The standard InChI is InChI=1S/C12H21ClN4OS/c1-2-4-15-12-16-9-10(13)11(17-12)14-5-8-19-7-3-6-18/h9,18H,2-8H2,1H3,(H2,14,15,16,17). The fraction of sp³-hybridized carbons (Fsp3) is 0.667. The van der Waals surface area contributed by atoms with Crippen LogP contribution in [0.25, 0.3) is 0 Å². The second kappa shape index (κ2) is 10.1. The summed E-state index contributed by atoms with van der Waals surface area (Å²) < 4.78 is 0. The first-order valence-electron chi connectivity index (χ1n) is 6.46. The fourth-order valence-electron chi connectivity index (χ4n) is 1.32. The van der Waals surface area contributed by atoms with Crippen LogP contribution < -0.4 is 10.6 Å². The SMILES string of the molecule is CCCNc1ncc(Cl)c(NCCSCCCO)n1. The van der Waals surface area contributed by atoms with E-state index in [4.69, 9.17) is 16.7 Å². The number of hydrogen-bond acceptors (Lipinski definition) is 6. The Morgan fingerprint density at radius 3 is 2.89 bits per heavy atom. The number of aromatic nitrogens is 2. The molecule has 1 aromatic rings. The highest BCUT2D eigenvalue weighted by Crippen LogP contribution is 2.19. The van der Waals surface area contributed by atoms with E-state index in [1.165, 1.54) is 0 Å². The van der Waals surface area contributed by atoms with Crippen molar-refractivity contribution in [2.24, 2.45) is 0 Å². The minimum Gasteiger partial charge on any atom is -0.396 e. The number of rotatable bonds is 10. The number of halogens is 1. The van der Waals surface area contributed by atoms with Crippen molar-refractivity contribution in [1.82, 2.24) is 9.97 Å². The van der Waals surface area contributed by atoms with E-state index < -0.39 is 0 Å². The van der Waals surface area contributed by atoms with Crippen LogP contribution in [-0.2, 0) is 0 Å². The molecule has 0 aliphatic heterocycles. The normalized spacial score (nSPS) is 10.5. The quantitative estimate of drug-likeness (QED) is 0.577. The molecule has 0 aromatic carbocycles. The first-order valence-corrected chi connectivity index (χ1v) is 8.00. The molecule has 0 saturated carbocycles. The van der Waals surface area contributed by atoms with E-state index in [0.717, 1.165) is 37.4 Å². The average Bonchev–Trinajstić information content (AvgIpc) is 2.43. The molecule has 0 amide bonds. The van der Waals surface area contributed by atoms with E-state index in [0.29, 0.717) is 16.8 Å². The van der Waals surface area contributed by atoms with E-state index in [1.807, 2.05) is 0 Å². The molecule has 0 bridgehead atoms. The Balaban J connectivity index is 2.34. The first-order chi connectivity index (χ1) is 9.27. The topological polar surface area (TPSA) is 70.1 Å². The van der Waals surface area contributed by atoms with Crippen molar-refractivity contribution in [1.29, 1.82) is 0 Å². The zero-order valence-corrected chi connectivity index (χ0v) is 12.7. The van der Waals surface area contributed by atoms with E-state index in [2.05, 4.69) is 27.5 Å². The van der Waals surface area contributed by atoms with Crippen molar-refractivity contribution < 1.29 is 5.11 Å². The smallest absolute Gasteiger partial charge is 0.224 e. The van der Waals surface area contributed by atoms with Gasteiger partial charge in [0.2, 0.25) is 5.95 Å². The van der Waals surface area contributed by atoms with Crippen molar-refractivity contribution in [3.8, 4) is 0 Å². The summed E-state index contributed by atoms with van der Waals surface area (Å²) in [7, 11) is 0. The molecule has 3 N–H and O–H groups in total. The molecule has 0 spiro atoms. The molecule has 0 aliphatic rings. The molecule has 7 heteroatoms. The minimum atomic E-state index is 0.255. The fourth-order valence-corrected chi connectivity index (χ4v) is 2.26. The van der Waals surface area contributed by atoms with Crippen molar-refractivity contribution in [3.63, 3.8) is 0 Å². The van der Waals surface area contributed by atoms with Crippen LogP contribution in [0.3, 0.4) is 0 Å². The molecule has 0 fully saturated rings. The molecule has 19 heavy (non-hydrogen) atoms. The highest BCUT2D eigenvalue weighted by molar-refractivity contribution is 7.99. The maximum Gasteiger partial charge on any atom is 0.224 e. The number of nitrogens with zero attached hydrogens (tertiary/aromatic N) is 2. The van der Waals surface area contributed by atoms with Crippen molar-refractivity contribution >= 4 is 35.1 Å². The Morgan fingerprint density at radius 2 is 2.16 bits per heavy atom. The van der Waals surface area contributed by atoms with Gasteiger partial charge in [-0.3, -0.25) is 0 Å². The number of nitrogens with one attached hydrogen (secondary N) is 2. The van der Waals surface area contributed by atoms with Crippen LogP contribution in [-0.4, -0.2) is 46.3 Å². The number of thioether (sulfide) groups is 1. The van der Waals surface area contributed by atoms with E-state index in [1.54, 1.807) is 18.0 Å². The molecule has 5 nitrogen and oxygen atoms in total. The Bertz CT molecular complexity index is 368. The molecule has 0 unspecified atom stereocenters. The third kappa shape index (κ3) is 6.84. The molecule has 0 radical (unpaired) electrons. The lowest BCUT2D eigenvalue weighted by molar-refractivity contribution is 0.296. The lowest BCUT2D eigenvalue weighted by Crippen LogP contribution is -2.10. The summed E-state index contributed by atoms with van der Waals surface area (Å²) in [5.74, 6) is 3.19. The molecule has 108 valence electrons. The summed E-state index contributed by atoms with van der Waals surface area (Å²) in [4.78, 5) is 8.45. The number of aliphatic hydroxyl groups excluding tert-OH is 1. The van der Waals surface area contributed by atoms with Gasteiger partial charge in [-0.25, -0.2) is 4.98 Å². The maximum atomic E-state index is 8.67. The van der Waals surface area contributed by atoms with Crippen LogP contribution in [0, 0.1) is 0 Å². The van der Waals surface area contributed by atoms with E-state index in [9.17, 15) is 0 Å². The molecule has 0 atom stereocenters. The highest BCUT2D eigenvalue weighted by Gasteiger charge is 2.04. The lowest BCUT2D eigenvalue weighted by atomic mass is 10.5. The van der Waals surface area contributed by atoms with Gasteiger partial charge in [-0.2, -0.15) is 16.7 Å². The molecule has 0 aliphatic carbocycles. The average molecular weight is 305 g/mol. The summed E-state index contributed by atoms with van der Waals surface area (Å²) in [5, 5.41) is 15.5. The monoisotopic (exact) mass is 304 g/mol. The van der Waals surface area contributed by atoms with E-state index in [-0.39, 0.29) is 6.61 Å². The maximum absolute atomic E-state index is 8.67. The molecule has 0 saturated heterocycles. The Hall–Kier alpha value is -0.720. The van der Waals surface area contributed by atoms with Crippen molar-refractivity contribution in [2.75, 3.05) is 41.8 Å². The predicted molar refractivity (Wildman–Crippen MR) is 83.3 cm³/mol. The van der Waals surface area contributed by atoms with Gasteiger partial charge in [0, 0.05) is 25.4 Å². The van der Waals surface area contributed by atoms with Gasteiger partial charge in [-0.15, -0.1) is 0 Å². The van der Waals surface area contributed by atoms with Crippen LogP contribution in [0.15, 0.2) is 6.20 Å². The summed E-state index contributed by atoms with van der Waals surface area (Å²) in [6.45, 7) is 3.98. The van der Waals surface area contributed by atoms with Crippen LogP contribution in [0.4, 0.5) is 11.8 Å². The summed E-state index contributed by atoms with van der Waals surface area (Å²) in [5.41, 5.74) is 0. The molecular formula is C12H21ClN4OS. The van der Waals surface area contributed by atoms with Gasteiger partial charge in [0.1, 0.15) is 5.02 Å². The highest BCUT2D eigenvalue weighted by atomic mass is 35.5. The van der Waals surface area contributed by atoms with Crippen LogP contribution in [0.2, 0.25) is 5.02 Å². The second-order valence-corrected chi connectivity index (χ2v) is 5.57. The largest absolute Gasteiger partial charge is 0.396 e. The summed E-state index contributed by atoms with van der Waals surface area (Å²) >= 11 is 7.83. The number of aliphatic hydroxyl groups is 1. The van der Waals surface area contributed by atoms with Crippen LogP contribution in [0.5, 0.6) is 0 Å². The third-order valence-electron chi connectivity index (χ3n) is 2.26. The second-order valence-electron chi connectivity index (χ2n) is 3.93. The van der Waals surface area contributed by atoms with Gasteiger partial charge in [0.05, 0.1) is 6.20 Å². The van der Waals surface area contributed by atoms with E-state index >= 15 is 0 Å². The van der Waals surface area contributed by atoms with Gasteiger partial charge >= 0.3 is 0 Å². The van der Waals surface area contributed by atoms with Gasteiger partial charge in [-0.05, 0) is 18.6 Å². The van der Waals surface area contributed by atoms with Crippen molar-refractivity contribution in [3.05, 3.63) is 11.2 Å². The van der Waals surface area contributed by atoms with Gasteiger partial charge in [-0.1, -0.05) is 18.5 Å². The van der Waals surface area contributed by atoms with Crippen molar-refractivity contribution in [2.45, 2.75) is 19.8 Å². The molecule has 1 rings (SSSR count). The molecular weight excluding hydrogens is 284 g/mol. The van der Waals surface area contributed by atoms with Gasteiger partial charge in [0.25, 0.3) is 0 Å². The first kappa shape index (κ1) is 16.3. The predicted octanol–water partition coefficient (Wildman–Crippen LogP) is 2.48. The van der Waals surface area contributed by atoms with Crippen LogP contribution >= 0.6 is 23.4 Å². The zero-order valence-electron chi connectivity index (χ0n) is 11.2. The summed E-state index contributed by atoms with van der Waals surface area (Å²) in [6, 6.07) is 0.